The third kappa shape index (κ3) is 3.69. The Morgan fingerprint density at radius 1 is 1.50 bits per heavy atom. The summed E-state index contributed by atoms with van der Waals surface area (Å²) in [4.78, 5) is 26.9. The Morgan fingerprint density at radius 2 is 2.17 bits per heavy atom. The number of carbonyl (C=O) groups is 2. The van der Waals surface area contributed by atoms with E-state index in [0.717, 1.165) is 5.13 Å². The number of aliphatic carboxylic acids is 1. The van der Waals surface area contributed by atoms with Crippen LogP contribution in [0.1, 0.15) is 19.5 Å². The number of rotatable bonds is 6. The van der Waals surface area contributed by atoms with E-state index in [2.05, 4.69) is 15.6 Å². The standard InChI is InChI=1S/C11H17N3O3S/c1-6(2)8(10(16)17)9(15)13-4-7-5-18-11(12-3)14-7/h5-6,8H,4H2,1-3H3,(H,12,14)(H,13,15)(H,16,17). The number of hydrogen-bond donors (Lipinski definition) is 3. The van der Waals surface area contributed by atoms with Gasteiger partial charge in [-0.2, -0.15) is 0 Å². The number of carboxylic acids is 1. The van der Waals surface area contributed by atoms with Crippen molar-refractivity contribution in [1.82, 2.24) is 10.3 Å². The van der Waals surface area contributed by atoms with Gasteiger partial charge >= 0.3 is 5.97 Å². The van der Waals surface area contributed by atoms with Crippen molar-refractivity contribution >= 4 is 28.3 Å². The lowest BCUT2D eigenvalue weighted by Gasteiger charge is -2.15. The smallest absolute Gasteiger partial charge is 0.316 e. The summed E-state index contributed by atoms with van der Waals surface area (Å²) in [5.74, 6) is -2.84. The first-order valence-electron chi connectivity index (χ1n) is 5.58. The summed E-state index contributed by atoms with van der Waals surface area (Å²) < 4.78 is 0. The van der Waals surface area contributed by atoms with Crippen LogP contribution in [0.4, 0.5) is 5.13 Å². The fourth-order valence-corrected chi connectivity index (χ4v) is 2.16. The molecule has 1 rings (SSSR count). The molecule has 0 aromatic carbocycles. The fraction of sp³-hybridized carbons (Fsp3) is 0.545. The van der Waals surface area contributed by atoms with Crippen molar-refractivity contribution in [2.45, 2.75) is 20.4 Å². The molecule has 0 aliphatic rings. The molecule has 0 aliphatic carbocycles. The Kier molecular flexibility index (Phi) is 5.08. The molecule has 0 aliphatic heterocycles. The van der Waals surface area contributed by atoms with Gasteiger partial charge in [-0.15, -0.1) is 11.3 Å². The zero-order valence-corrected chi connectivity index (χ0v) is 11.4. The van der Waals surface area contributed by atoms with Crippen LogP contribution in [-0.4, -0.2) is 29.0 Å². The second kappa shape index (κ2) is 6.34. The van der Waals surface area contributed by atoms with Crippen molar-refractivity contribution in [3.8, 4) is 0 Å². The van der Waals surface area contributed by atoms with Gasteiger partial charge in [0.05, 0.1) is 12.2 Å². The summed E-state index contributed by atoms with van der Waals surface area (Å²) in [5, 5.41) is 17.0. The minimum atomic E-state index is -1.10. The van der Waals surface area contributed by atoms with Crippen molar-refractivity contribution < 1.29 is 14.7 Å². The third-order valence-corrected chi connectivity index (χ3v) is 3.33. The molecule has 0 radical (unpaired) electrons. The van der Waals surface area contributed by atoms with E-state index in [1.165, 1.54) is 11.3 Å². The molecule has 0 saturated carbocycles. The number of nitrogens with one attached hydrogen (secondary N) is 2. The van der Waals surface area contributed by atoms with Crippen molar-refractivity contribution in [2.24, 2.45) is 11.8 Å². The number of amides is 1. The minimum Gasteiger partial charge on any atom is -0.481 e. The molecular formula is C11H17N3O3S. The molecule has 0 fully saturated rings. The van der Waals surface area contributed by atoms with Gasteiger partial charge in [-0.05, 0) is 5.92 Å². The normalized spacial score (nSPS) is 12.2. The van der Waals surface area contributed by atoms with Gasteiger partial charge in [0.15, 0.2) is 5.13 Å². The van der Waals surface area contributed by atoms with Crippen molar-refractivity contribution in [1.29, 1.82) is 0 Å². The van der Waals surface area contributed by atoms with Crippen LogP contribution >= 0.6 is 11.3 Å². The van der Waals surface area contributed by atoms with Gasteiger partial charge in [0.2, 0.25) is 5.91 Å². The van der Waals surface area contributed by atoms with Gasteiger partial charge in [0.1, 0.15) is 5.92 Å². The second-order valence-electron chi connectivity index (χ2n) is 4.17. The third-order valence-electron chi connectivity index (χ3n) is 2.42. The van der Waals surface area contributed by atoms with Crippen LogP contribution in [0.15, 0.2) is 5.38 Å². The number of anilines is 1. The minimum absolute atomic E-state index is 0.244. The average Bonchev–Trinajstić information content (AvgIpc) is 2.73. The molecule has 3 N–H and O–H groups in total. The summed E-state index contributed by atoms with van der Waals surface area (Å²) in [7, 11) is 1.76. The Bertz CT molecular complexity index is 431. The summed E-state index contributed by atoms with van der Waals surface area (Å²) in [6, 6.07) is 0. The highest BCUT2D eigenvalue weighted by Crippen LogP contribution is 2.15. The quantitative estimate of drug-likeness (QED) is 0.675. The van der Waals surface area contributed by atoms with E-state index in [0.29, 0.717) is 5.69 Å². The van der Waals surface area contributed by atoms with Crippen LogP contribution in [0.25, 0.3) is 0 Å². The molecule has 1 aromatic rings. The zero-order chi connectivity index (χ0) is 13.7. The van der Waals surface area contributed by atoms with Crippen LogP contribution in [0.5, 0.6) is 0 Å². The maximum atomic E-state index is 11.7. The topological polar surface area (TPSA) is 91.3 Å². The molecule has 1 aromatic heterocycles. The molecule has 1 amide bonds. The lowest BCUT2D eigenvalue weighted by Crippen LogP contribution is -2.38. The Labute approximate surface area is 109 Å². The first-order chi connectivity index (χ1) is 8.45. The lowest BCUT2D eigenvalue weighted by molar-refractivity contribution is -0.148. The van der Waals surface area contributed by atoms with E-state index in [1.807, 2.05) is 5.38 Å². The largest absolute Gasteiger partial charge is 0.481 e. The number of carbonyl (C=O) groups excluding carboxylic acids is 1. The Balaban J connectivity index is 2.56. The maximum Gasteiger partial charge on any atom is 0.316 e. The number of carboxylic acid groups (broad SMARTS) is 1. The fourth-order valence-electron chi connectivity index (χ4n) is 1.49. The van der Waals surface area contributed by atoms with E-state index in [1.54, 1.807) is 20.9 Å². The van der Waals surface area contributed by atoms with E-state index >= 15 is 0 Å². The molecule has 0 spiro atoms. The van der Waals surface area contributed by atoms with Crippen LogP contribution in [0, 0.1) is 11.8 Å². The molecule has 7 heteroatoms. The summed E-state index contributed by atoms with van der Waals surface area (Å²) >= 11 is 1.43. The predicted octanol–water partition coefficient (Wildman–Crippen LogP) is 1.16. The summed E-state index contributed by atoms with van der Waals surface area (Å²) in [6.45, 7) is 3.66. The van der Waals surface area contributed by atoms with Crippen LogP contribution in [-0.2, 0) is 16.1 Å². The Morgan fingerprint density at radius 3 is 2.61 bits per heavy atom. The van der Waals surface area contributed by atoms with E-state index < -0.39 is 17.8 Å². The van der Waals surface area contributed by atoms with Gasteiger partial charge < -0.3 is 15.7 Å². The number of nitrogens with zero attached hydrogens (tertiary/aromatic N) is 1. The van der Waals surface area contributed by atoms with E-state index in [9.17, 15) is 9.59 Å². The zero-order valence-electron chi connectivity index (χ0n) is 10.6. The monoisotopic (exact) mass is 271 g/mol. The molecular weight excluding hydrogens is 254 g/mol. The molecule has 18 heavy (non-hydrogen) atoms. The summed E-state index contributed by atoms with van der Waals surface area (Å²) in [6.07, 6.45) is 0. The maximum absolute atomic E-state index is 11.7. The first kappa shape index (κ1) is 14.4. The molecule has 1 heterocycles. The van der Waals surface area contributed by atoms with Crippen molar-refractivity contribution in [3.05, 3.63) is 11.1 Å². The SMILES string of the molecule is CNc1nc(CNC(=O)C(C(=O)O)C(C)C)cs1. The van der Waals surface area contributed by atoms with Crippen LogP contribution in [0.2, 0.25) is 0 Å². The molecule has 6 nitrogen and oxygen atoms in total. The first-order valence-corrected chi connectivity index (χ1v) is 6.46. The highest BCUT2D eigenvalue weighted by Gasteiger charge is 2.29. The second-order valence-corrected chi connectivity index (χ2v) is 5.03. The lowest BCUT2D eigenvalue weighted by atomic mass is 9.95. The summed E-state index contributed by atoms with van der Waals surface area (Å²) in [5.41, 5.74) is 0.714. The van der Waals surface area contributed by atoms with Gasteiger partial charge in [-0.3, -0.25) is 9.59 Å². The number of aromatic nitrogens is 1. The van der Waals surface area contributed by atoms with Gasteiger partial charge in [-0.25, -0.2) is 4.98 Å². The van der Waals surface area contributed by atoms with E-state index in [4.69, 9.17) is 5.11 Å². The molecule has 0 saturated heterocycles. The molecule has 100 valence electrons. The van der Waals surface area contributed by atoms with E-state index in [-0.39, 0.29) is 12.5 Å². The highest BCUT2D eigenvalue weighted by molar-refractivity contribution is 7.13. The van der Waals surface area contributed by atoms with Crippen molar-refractivity contribution in [3.63, 3.8) is 0 Å². The van der Waals surface area contributed by atoms with Gasteiger partial charge in [0.25, 0.3) is 0 Å². The van der Waals surface area contributed by atoms with Crippen molar-refractivity contribution in [2.75, 3.05) is 12.4 Å². The molecule has 1 atom stereocenters. The predicted molar refractivity (Wildman–Crippen MR) is 69.5 cm³/mol. The van der Waals surface area contributed by atoms with Crippen LogP contribution < -0.4 is 10.6 Å². The van der Waals surface area contributed by atoms with Gasteiger partial charge in [-0.1, -0.05) is 13.8 Å². The Hall–Kier alpha value is -1.63. The highest BCUT2D eigenvalue weighted by atomic mass is 32.1. The average molecular weight is 271 g/mol. The van der Waals surface area contributed by atoms with Crippen LogP contribution in [0.3, 0.4) is 0 Å². The van der Waals surface area contributed by atoms with Gasteiger partial charge in [0, 0.05) is 12.4 Å². The molecule has 0 bridgehead atoms. The molecule has 1 unspecified atom stereocenters. The number of hydrogen-bond acceptors (Lipinski definition) is 5. The number of thiazole rings is 1.